The van der Waals surface area contributed by atoms with E-state index in [1.807, 2.05) is 43.3 Å². The topological polar surface area (TPSA) is 72.1 Å². The zero-order chi connectivity index (χ0) is 24.6. The Kier molecular flexibility index (Phi) is 8.50. The lowest BCUT2D eigenvalue weighted by Gasteiger charge is -2.29. The summed E-state index contributed by atoms with van der Waals surface area (Å²) < 4.78 is 17.8. The highest BCUT2D eigenvalue weighted by atomic mass is 79.9. The maximum absolute atomic E-state index is 12.5. The lowest BCUT2D eigenvalue weighted by Crippen LogP contribution is -2.36. The molecule has 35 heavy (non-hydrogen) atoms. The van der Waals surface area contributed by atoms with Crippen molar-refractivity contribution in [2.75, 3.05) is 55.6 Å². The van der Waals surface area contributed by atoms with E-state index in [2.05, 4.69) is 55.7 Å². The van der Waals surface area contributed by atoms with Crippen molar-refractivity contribution in [1.82, 2.24) is 0 Å². The SMILES string of the molecule is COc1ccc(Br)c(CNc2ccc(N3CCOCC3)cc2)c1OCC(=O)Nc1ccc(C)cc1. The summed E-state index contributed by atoms with van der Waals surface area (Å²) in [4.78, 5) is 14.8. The van der Waals surface area contributed by atoms with E-state index in [9.17, 15) is 4.79 Å². The summed E-state index contributed by atoms with van der Waals surface area (Å²) in [7, 11) is 1.59. The van der Waals surface area contributed by atoms with Crippen LogP contribution < -0.4 is 25.0 Å². The van der Waals surface area contributed by atoms with E-state index in [-0.39, 0.29) is 12.5 Å². The Hall–Kier alpha value is -3.23. The summed E-state index contributed by atoms with van der Waals surface area (Å²) in [5.41, 5.74) is 4.90. The fourth-order valence-corrected chi connectivity index (χ4v) is 4.29. The fourth-order valence-electron chi connectivity index (χ4n) is 3.84. The molecule has 4 rings (SSSR count). The van der Waals surface area contributed by atoms with Crippen LogP contribution >= 0.6 is 15.9 Å². The van der Waals surface area contributed by atoms with Crippen LogP contribution in [0.25, 0.3) is 0 Å². The van der Waals surface area contributed by atoms with Gasteiger partial charge in [0, 0.05) is 46.7 Å². The van der Waals surface area contributed by atoms with Gasteiger partial charge in [-0.1, -0.05) is 33.6 Å². The van der Waals surface area contributed by atoms with Crippen molar-refractivity contribution < 1.29 is 19.0 Å². The molecule has 7 nitrogen and oxygen atoms in total. The lowest BCUT2D eigenvalue weighted by atomic mass is 10.1. The number of halogens is 1. The molecule has 1 fully saturated rings. The lowest BCUT2D eigenvalue weighted by molar-refractivity contribution is -0.118. The van der Waals surface area contributed by atoms with Crippen molar-refractivity contribution >= 4 is 38.9 Å². The molecule has 0 atom stereocenters. The highest BCUT2D eigenvalue weighted by Crippen LogP contribution is 2.37. The second-order valence-corrected chi connectivity index (χ2v) is 9.11. The number of nitrogens with one attached hydrogen (secondary N) is 2. The van der Waals surface area contributed by atoms with Crippen LogP contribution in [0.15, 0.2) is 65.1 Å². The van der Waals surface area contributed by atoms with E-state index in [0.29, 0.717) is 18.0 Å². The minimum Gasteiger partial charge on any atom is -0.493 e. The van der Waals surface area contributed by atoms with Gasteiger partial charge in [0.15, 0.2) is 18.1 Å². The third-order valence-electron chi connectivity index (χ3n) is 5.78. The highest BCUT2D eigenvalue weighted by Gasteiger charge is 2.17. The van der Waals surface area contributed by atoms with Crippen LogP contribution in [-0.2, 0) is 16.1 Å². The summed E-state index contributed by atoms with van der Waals surface area (Å²) in [6, 6.07) is 19.7. The van der Waals surface area contributed by atoms with E-state index >= 15 is 0 Å². The Morgan fingerprint density at radius 3 is 2.37 bits per heavy atom. The first kappa shape index (κ1) is 24.9. The van der Waals surface area contributed by atoms with Crippen LogP contribution in [0.1, 0.15) is 11.1 Å². The second-order valence-electron chi connectivity index (χ2n) is 8.26. The molecule has 0 radical (unpaired) electrons. The smallest absolute Gasteiger partial charge is 0.262 e. The highest BCUT2D eigenvalue weighted by molar-refractivity contribution is 9.10. The monoisotopic (exact) mass is 539 g/mol. The zero-order valence-electron chi connectivity index (χ0n) is 20.0. The molecule has 2 N–H and O–H groups in total. The standard InChI is InChI=1S/C27H30BrN3O4/c1-19-3-5-21(6-4-19)30-26(32)18-35-27-23(24(28)11-12-25(27)33-2)17-29-20-7-9-22(10-8-20)31-13-15-34-16-14-31/h3-12,29H,13-18H2,1-2H3,(H,30,32). The van der Waals surface area contributed by atoms with Gasteiger partial charge in [-0.3, -0.25) is 4.79 Å². The number of hydrogen-bond donors (Lipinski definition) is 2. The van der Waals surface area contributed by atoms with Gasteiger partial charge in [0.2, 0.25) is 0 Å². The molecular weight excluding hydrogens is 510 g/mol. The number of carbonyl (C=O) groups excluding carboxylic acids is 1. The first-order chi connectivity index (χ1) is 17.0. The van der Waals surface area contributed by atoms with Gasteiger partial charge in [0.25, 0.3) is 5.91 Å². The van der Waals surface area contributed by atoms with Gasteiger partial charge in [0.1, 0.15) is 0 Å². The van der Waals surface area contributed by atoms with E-state index in [1.54, 1.807) is 7.11 Å². The minimum absolute atomic E-state index is 0.137. The molecule has 0 unspecified atom stereocenters. The number of nitrogens with zero attached hydrogens (tertiary/aromatic N) is 1. The molecule has 1 saturated heterocycles. The normalized spacial score (nSPS) is 13.3. The van der Waals surface area contributed by atoms with Gasteiger partial charge in [-0.15, -0.1) is 0 Å². The molecule has 3 aromatic carbocycles. The Morgan fingerprint density at radius 1 is 1.00 bits per heavy atom. The molecule has 3 aromatic rings. The number of anilines is 3. The number of benzene rings is 3. The Balaban J connectivity index is 1.41. The second kappa shape index (κ2) is 12.0. The number of rotatable bonds is 9. The minimum atomic E-state index is -0.242. The zero-order valence-corrected chi connectivity index (χ0v) is 21.6. The van der Waals surface area contributed by atoms with E-state index < -0.39 is 0 Å². The maximum Gasteiger partial charge on any atom is 0.262 e. The number of methoxy groups -OCH3 is 1. The molecule has 0 saturated carbocycles. The average molecular weight is 540 g/mol. The largest absolute Gasteiger partial charge is 0.493 e. The van der Waals surface area contributed by atoms with Gasteiger partial charge >= 0.3 is 0 Å². The molecule has 0 spiro atoms. The molecule has 1 aliphatic heterocycles. The summed E-state index contributed by atoms with van der Waals surface area (Å²) >= 11 is 3.62. The number of hydrogen-bond acceptors (Lipinski definition) is 6. The van der Waals surface area contributed by atoms with Crippen molar-refractivity contribution in [3.8, 4) is 11.5 Å². The predicted molar refractivity (Wildman–Crippen MR) is 143 cm³/mol. The van der Waals surface area contributed by atoms with Crippen LogP contribution in [0, 0.1) is 6.92 Å². The van der Waals surface area contributed by atoms with E-state index in [1.165, 1.54) is 5.69 Å². The molecule has 0 aliphatic carbocycles. The Labute approximate surface area is 214 Å². The first-order valence-electron chi connectivity index (χ1n) is 11.5. The van der Waals surface area contributed by atoms with Gasteiger partial charge in [-0.05, 0) is 55.5 Å². The van der Waals surface area contributed by atoms with Crippen LogP contribution in [0.2, 0.25) is 0 Å². The van der Waals surface area contributed by atoms with Crippen molar-refractivity contribution in [1.29, 1.82) is 0 Å². The summed E-state index contributed by atoms with van der Waals surface area (Å²) in [5, 5.41) is 6.30. The number of morpholine rings is 1. The Bertz CT molecular complexity index is 1130. The molecule has 0 aromatic heterocycles. The molecule has 1 heterocycles. The van der Waals surface area contributed by atoms with Gasteiger partial charge in [-0.25, -0.2) is 0 Å². The van der Waals surface area contributed by atoms with E-state index in [4.69, 9.17) is 14.2 Å². The number of carbonyl (C=O) groups is 1. The van der Waals surface area contributed by atoms with Crippen molar-refractivity contribution in [3.05, 3.63) is 76.3 Å². The van der Waals surface area contributed by atoms with Crippen LogP contribution in [0.4, 0.5) is 17.1 Å². The van der Waals surface area contributed by atoms with Gasteiger partial charge in [-0.2, -0.15) is 0 Å². The van der Waals surface area contributed by atoms with Crippen LogP contribution in [0.3, 0.4) is 0 Å². The molecule has 184 valence electrons. The third kappa shape index (κ3) is 6.68. The number of ether oxygens (including phenoxy) is 3. The Morgan fingerprint density at radius 2 is 1.69 bits per heavy atom. The summed E-state index contributed by atoms with van der Waals surface area (Å²) in [6.45, 7) is 5.68. The predicted octanol–water partition coefficient (Wildman–Crippen LogP) is 5.23. The average Bonchev–Trinajstić information content (AvgIpc) is 2.89. The van der Waals surface area contributed by atoms with Crippen molar-refractivity contribution in [3.63, 3.8) is 0 Å². The molecular formula is C27H30BrN3O4. The molecule has 8 heteroatoms. The third-order valence-corrected chi connectivity index (χ3v) is 6.53. The van der Waals surface area contributed by atoms with Gasteiger partial charge < -0.3 is 29.7 Å². The molecule has 0 bridgehead atoms. The summed E-state index contributed by atoms with van der Waals surface area (Å²) in [5.74, 6) is 0.850. The maximum atomic E-state index is 12.5. The molecule has 1 amide bonds. The summed E-state index contributed by atoms with van der Waals surface area (Å²) in [6.07, 6.45) is 0. The molecule has 1 aliphatic rings. The van der Waals surface area contributed by atoms with Crippen LogP contribution in [-0.4, -0.2) is 45.9 Å². The van der Waals surface area contributed by atoms with Crippen molar-refractivity contribution in [2.24, 2.45) is 0 Å². The fraction of sp³-hybridized carbons (Fsp3) is 0.296. The number of aryl methyl sites for hydroxylation is 1. The van der Waals surface area contributed by atoms with Crippen LogP contribution in [0.5, 0.6) is 11.5 Å². The van der Waals surface area contributed by atoms with Crippen molar-refractivity contribution in [2.45, 2.75) is 13.5 Å². The number of amides is 1. The first-order valence-corrected chi connectivity index (χ1v) is 12.3. The van der Waals surface area contributed by atoms with E-state index in [0.717, 1.165) is 53.3 Å². The quantitative estimate of drug-likeness (QED) is 0.387. The van der Waals surface area contributed by atoms with Gasteiger partial charge in [0.05, 0.1) is 20.3 Å².